The Labute approximate surface area is 126 Å². The van der Waals surface area contributed by atoms with Crippen LogP contribution in [0.1, 0.15) is 6.92 Å². The lowest BCUT2D eigenvalue weighted by Gasteiger charge is -2.21. The second-order valence-corrected chi connectivity index (χ2v) is 5.09. The van der Waals surface area contributed by atoms with Gasteiger partial charge in [0.15, 0.2) is 0 Å². The van der Waals surface area contributed by atoms with Crippen molar-refractivity contribution in [3.05, 3.63) is 35.6 Å². The minimum absolute atomic E-state index is 0.0686. The topological polar surface area (TPSA) is 77.6 Å². The van der Waals surface area contributed by atoms with Crippen molar-refractivity contribution in [1.82, 2.24) is 26.3 Å². The molecule has 3 N–H and O–H groups in total. The van der Waals surface area contributed by atoms with Gasteiger partial charge in [0.2, 0.25) is 0 Å². The number of halogens is 1. The second kappa shape index (κ2) is 6.02. The van der Waals surface area contributed by atoms with E-state index in [1.807, 2.05) is 31.3 Å². The summed E-state index contributed by atoms with van der Waals surface area (Å²) in [5, 5.41) is 12.9. The highest BCUT2D eigenvalue weighted by molar-refractivity contribution is 6.32. The zero-order valence-electron chi connectivity index (χ0n) is 11.4. The molecule has 0 bridgehead atoms. The highest BCUT2D eigenvalue weighted by atomic mass is 35.5. The summed E-state index contributed by atoms with van der Waals surface area (Å²) in [5.41, 5.74) is 7.48. The van der Waals surface area contributed by atoms with Gasteiger partial charge in [-0.2, -0.15) is 10.2 Å². The van der Waals surface area contributed by atoms with E-state index in [-0.39, 0.29) is 6.10 Å². The third-order valence-electron chi connectivity index (χ3n) is 3.00. The molecule has 7 nitrogen and oxygen atoms in total. The van der Waals surface area contributed by atoms with Gasteiger partial charge >= 0.3 is 0 Å². The van der Waals surface area contributed by atoms with Gasteiger partial charge in [0.05, 0.1) is 17.8 Å². The largest absolute Gasteiger partial charge is 0.487 e. The van der Waals surface area contributed by atoms with E-state index in [0.717, 1.165) is 11.1 Å². The lowest BCUT2D eigenvalue weighted by molar-refractivity contribution is 0.159. The Balaban J connectivity index is 1.72. The van der Waals surface area contributed by atoms with E-state index in [9.17, 15) is 0 Å². The maximum Gasteiger partial charge on any atom is 0.139 e. The third kappa shape index (κ3) is 3.26. The molecule has 1 aromatic carbocycles. The first-order chi connectivity index (χ1) is 10.2. The fourth-order valence-corrected chi connectivity index (χ4v) is 2.19. The molecule has 1 aromatic heterocycles. The van der Waals surface area contributed by atoms with Crippen LogP contribution in [-0.2, 0) is 0 Å². The number of hydrazone groups is 1. The fraction of sp³-hybridized carbons (Fsp3) is 0.231. The lowest BCUT2D eigenvalue weighted by atomic mass is 10.1. The quantitative estimate of drug-likeness (QED) is 0.785. The number of rotatable bonds is 5. The van der Waals surface area contributed by atoms with E-state index in [1.54, 1.807) is 17.5 Å². The zero-order valence-corrected chi connectivity index (χ0v) is 12.1. The third-order valence-corrected chi connectivity index (χ3v) is 3.31. The molecular weight excluding hydrogens is 292 g/mol. The second-order valence-electron chi connectivity index (χ2n) is 4.68. The number of hydrogen-bond acceptors (Lipinski definition) is 6. The number of nitrogens with one attached hydrogen (secondary N) is 3. The number of nitrogens with zero attached hydrogens (tertiary/aromatic N) is 3. The van der Waals surface area contributed by atoms with Crippen LogP contribution in [0.15, 0.2) is 35.7 Å². The molecule has 2 heterocycles. The molecule has 0 amide bonds. The SMILES string of the molecule is C[C@@H](CN1C=NNN1)Oc1cc(-c2cn[nH]c2)ccc1Cl. The van der Waals surface area contributed by atoms with Crippen LogP contribution < -0.4 is 15.8 Å². The van der Waals surface area contributed by atoms with Crippen molar-refractivity contribution in [2.45, 2.75) is 13.0 Å². The van der Waals surface area contributed by atoms with Gasteiger partial charge < -0.3 is 4.74 Å². The van der Waals surface area contributed by atoms with E-state index in [0.29, 0.717) is 17.3 Å². The molecule has 0 spiro atoms. The number of aromatic nitrogens is 2. The average Bonchev–Trinajstić information content (AvgIpc) is 3.14. The minimum atomic E-state index is -0.0686. The average molecular weight is 307 g/mol. The van der Waals surface area contributed by atoms with Gasteiger partial charge in [-0.15, -0.1) is 5.53 Å². The van der Waals surface area contributed by atoms with Gasteiger partial charge in [-0.05, 0) is 24.6 Å². The van der Waals surface area contributed by atoms with Crippen LogP contribution in [0.2, 0.25) is 5.02 Å². The molecule has 3 rings (SSSR count). The first-order valence-electron chi connectivity index (χ1n) is 6.48. The summed E-state index contributed by atoms with van der Waals surface area (Å²) in [4.78, 5) is 0. The van der Waals surface area contributed by atoms with Crippen molar-refractivity contribution in [3.8, 4) is 16.9 Å². The molecule has 0 aliphatic carbocycles. The van der Waals surface area contributed by atoms with Gasteiger partial charge in [0.1, 0.15) is 18.2 Å². The summed E-state index contributed by atoms with van der Waals surface area (Å²) < 4.78 is 5.91. The summed E-state index contributed by atoms with van der Waals surface area (Å²) >= 11 is 6.20. The van der Waals surface area contributed by atoms with Crippen LogP contribution in [0.4, 0.5) is 0 Å². The Morgan fingerprint density at radius 1 is 1.38 bits per heavy atom. The van der Waals surface area contributed by atoms with Crippen LogP contribution in [0.5, 0.6) is 5.75 Å². The number of ether oxygens (including phenoxy) is 1. The molecule has 0 fully saturated rings. The van der Waals surface area contributed by atoms with Crippen LogP contribution >= 0.6 is 11.6 Å². The molecule has 8 heteroatoms. The summed E-state index contributed by atoms with van der Waals surface area (Å²) in [7, 11) is 0. The first kappa shape index (κ1) is 13.7. The predicted octanol–water partition coefficient (Wildman–Crippen LogP) is 1.77. The van der Waals surface area contributed by atoms with Crippen molar-refractivity contribution in [2.75, 3.05) is 6.54 Å². The first-order valence-corrected chi connectivity index (χ1v) is 6.86. The van der Waals surface area contributed by atoms with Crippen LogP contribution in [-0.4, -0.2) is 34.2 Å². The highest BCUT2D eigenvalue weighted by Crippen LogP contribution is 2.30. The smallest absolute Gasteiger partial charge is 0.139 e. The minimum Gasteiger partial charge on any atom is -0.487 e. The highest BCUT2D eigenvalue weighted by Gasteiger charge is 2.14. The Bertz CT molecular complexity index is 630. The van der Waals surface area contributed by atoms with Gasteiger partial charge in [-0.3, -0.25) is 10.1 Å². The summed E-state index contributed by atoms with van der Waals surface area (Å²) in [5.74, 6) is 0.645. The maximum atomic E-state index is 6.20. The number of aromatic amines is 1. The standard InChI is InChI=1S/C13H15ClN6O/c1-9(7-20-8-17-18-19-20)21-13-4-10(2-3-12(13)14)11-5-15-16-6-11/h2-6,8-9,18-19H,7H2,1H3,(H,15,16)/t9-/m0/s1. The van der Waals surface area contributed by atoms with Crippen molar-refractivity contribution in [2.24, 2.45) is 5.10 Å². The van der Waals surface area contributed by atoms with Crippen molar-refractivity contribution in [3.63, 3.8) is 0 Å². The molecule has 2 aromatic rings. The molecule has 1 aliphatic heterocycles. The van der Waals surface area contributed by atoms with E-state index >= 15 is 0 Å². The summed E-state index contributed by atoms with van der Waals surface area (Å²) in [6.07, 6.45) is 5.17. The van der Waals surface area contributed by atoms with E-state index < -0.39 is 0 Å². The molecule has 0 saturated carbocycles. The van der Waals surface area contributed by atoms with Gasteiger partial charge in [0, 0.05) is 11.8 Å². The molecular formula is C13H15ClN6O. The van der Waals surface area contributed by atoms with E-state index in [4.69, 9.17) is 16.3 Å². The molecule has 0 saturated heterocycles. The zero-order chi connectivity index (χ0) is 14.7. The monoisotopic (exact) mass is 306 g/mol. The number of benzene rings is 1. The molecule has 0 unspecified atom stereocenters. The Morgan fingerprint density at radius 2 is 2.29 bits per heavy atom. The molecule has 0 radical (unpaired) electrons. The molecule has 1 atom stereocenters. The van der Waals surface area contributed by atoms with Crippen LogP contribution in [0.3, 0.4) is 0 Å². The van der Waals surface area contributed by atoms with Gasteiger partial charge in [0.25, 0.3) is 0 Å². The van der Waals surface area contributed by atoms with Crippen molar-refractivity contribution >= 4 is 17.9 Å². The van der Waals surface area contributed by atoms with Gasteiger partial charge in [-0.25, -0.2) is 5.53 Å². The van der Waals surface area contributed by atoms with Crippen LogP contribution in [0, 0.1) is 0 Å². The maximum absolute atomic E-state index is 6.20. The lowest BCUT2D eigenvalue weighted by Crippen LogP contribution is -2.42. The number of H-pyrrole nitrogens is 1. The number of hydrazine groups is 2. The summed E-state index contributed by atoms with van der Waals surface area (Å²) in [6.45, 7) is 2.59. The Kier molecular flexibility index (Phi) is 3.94. The Morgan fingerprint density at radius 3 is 3.00 bits per heavy atom. The summed E-state index contributed by atoms with van der Waals surface area (Å²) in [6, 6.07) is 5.67. The normalized spacial score (nSPS) is 15.0. The predicted molar refractivity (Wildman–Crippen MR) is 80.6 cm³/mol. The van der Waals surface area contributed by atoms with E-state index in [2.05, 4.69) is 26.4 Å². The fourth-order valence-electron chi connectivity index (χ4n) is 2.03. The molecule has 1 aliphatic rings. The van der Waals surface area contributed by atoms with Crippen molar-refractivity contribution < 1.29 is 4.74 Å². The van der Waals surface area contributed by atoms with Crippen LogP contribution in [0.25, 0.3) is 11.1 Å². The number of hydrogen-bond donors (Lipinski definition) is 3. The van der Waals surface area contributed by atoms with E-state index in [1.165, 1.54) is 0 Å². The van der Waals surface area contributed by atoms with Crippen molar-refractivity contribution in [1.29, 1.82) is 0 Å². The Hall–Kier alpha value is -2.25. The molecule has 21 heavy (non-hydrogen) atoms. The van der Waals surface area contributed by atoms with Gasteiger partial charge in [-0.1, -0.05) is 17.7 Å². The molecule has 110 valence electrons.